The number of rotatable bonds is 4. The molecule has 0 spiro atoms. The van der Waals surface area contributed by atoms with Crippen molar-refractivity contribution in [3.05, 3.63) is 0 Å². The monoisotopic (exact) mass is 295 g/mol. The molecule has 0 radical (unpaired) electrons. The molecule has 5 atom stereocenters. The van der Waals surface area contributed by atoms with Crippen LogP contribution < -0.4 is 5.32 Å². The van der Waals surface area contributed by atoms with E-state index in [0.29, 0.717) is 6.04 Å². The fraction of sp³-hybridized carbons (Fsp3) is 1.00. The molecule has 0 aromatic carbocycles. The van der Waals surface area contributed by atoms with Gasteiger partial charge in [-0.05, 0) is 70.6 Å². The Morgan fingerprint density at radius 2 is 1.86 bits per heavy atom. The Labute approximate surface area is 132 Å². The van der Waals surface area contributed by atoms with Gasteiger partial charge < -0.3 is 10.2 Å². The Morgan fingerprint density at radius 1 is 1.10 bits per heavy atom. The van der Waals surface area contributed by atoms with Gasteiger partial charge in [0, 0.05) is 25.2 Å². The van der Waals surface area contributed by atoms with E-state index in [0.717, 1.165) is 30.3 Å². The van der Waals surface area contributed by atoms with E-state index in [1.54, 1.807) is 0 Å². The minimum atomic E-state index is 0.700. The van der Waals surface area contributed by atoms with E-state index in [4.69, 9.17) is 0 Å². The van der Waals surface area contributed by atoms with Gasteiger partial charge >= 0.3 is 0 Å². The maximum Gasteiger partial charge on any atom is 0.0194 e. The molecule has 3 heteroatoms. The number of hydrogen-bond acceptors (Lipinski definition) is 3. The van der Waals surface area contributed by atoms with E-state index in [1.807, 2.05) is 0 Å². The summed E-state index contributed by atoms with van der Waals surface area (Å²) in [7, 11) is 2.27. The van der Waals surface area contributed by atoms with Crippen LogP contribution in [0.2, 0.25) is 0 Å². The summed E-state index contributed by atoms with van der Waals surface area (Å²) in [4.78, 5) is 5.27. The lowest BCUT2D eigenvalue weighted by molar-refractivity contribution is 0.0848. The van der Waals surface area contributed by atoms with Gasteiger partial charge in [0.2, 0.25) is 0 Å². The van der Waals surface area contributed by atoms with Gasteiger partial charge in [-0.3, -0.25) is 4.90 Å². The summed E-state index contributed by atoms with van der Waals surface area (Å²) >= 11 is 0. The van der Waals surface area contributed by atoms with Gasteiger partial charge in [-0.2, -0.15) is 0 Å². The number of hydrogen-bond donors (Lipinski definition) is 1. The predicted octanol–water partition coefficient (Wildman–Crippen LogP) is 2.67. The summed E-state index contributed by atoms with van der Waals surface area (Å²) in [6, 6.07) is 1.42. The summed E-state index contributed by atoms with van der Waals surface area (Å²) in [5.41, 5.74) is 0. The van der Waals surface area contributed by atoms with Crippen LogP contribution in [-0.4, -0.2) is 61.7 Å². The lowest BCUT2D eigenvalue weighted by atomic mass is 9.72. The normalized spacial score (nSPS) is 40.1. The van der Waals surface area contributed by atoms with Gasteiger partial charge in [-0.15, -0.1) is 0 Å². The molecule has 21 heavy (non-hydrogen) atoms. The zero-order valence-corrected chi connectivity index (χ0v) is 14.9. The minimum Gasteiger partial charge on any atom is -0.314 e. The molecule has 1 heterocycles. The second-order valence-corrected chi connectivity index (χ2v) is 7.84. The first kappa shape index (κ1) is 17.2. The van der Waals surface area contributed by atoms with Crippen LogP contribution in [0.1, 0.15) is 47.0 Å². The van der Waals surface area contributed by atoms with Crippen LogP contribution >= 0.6 is 0 Å². The zero-order chi connectivity index (χ0) is 15.4. The smallest absolute Gasteiger partial charge is 0.0194 e. The van der Waals surface area contributed by atoms with Gasteiger partial charge in [0.15, 0.2) is 0 Å². The second kappa shape index (κ2) is 7.94. The lowest BCUT2D eigenvalue weighted by Gasteiger charge is -2.43. The number of nitrogens with one attached hydrogen (secondary N) is 1. The molecule has 1 saturated carbocycles. The number of nitrogens with zero attached hydrogens (tertiary/aromatic N) is 2. The molecule has 2 aliphatic rings. The van der Waals surface area contributed by atoms with E-state index in [1.165, 1.54) is 45.4 Å². The molecule has 1 aliphatic carbocycles. The van der Waals surface area contributed by atoms with Crippen molar-refractivity contribution in [3.63, 3.8) is 0 Å². The van der Waals surface area contributed by atoms with Crippen molar-refractivity contribution in [2.45, 2.75) is 59.0 Å². The third kappa shape index (κ3) is 4.67. The molecule has 2 rings (SSSR count). The van der Waals surface area contributed by atoms with Crippen molar-refractivity contribution >= 4 is 0 Å². The highest BCUT2D eigenvalue weighted by atomic mass is 15.2. The molecule has 0 amide bonds. The summed E-state index contributed by atoms with van der Waals surface area (Å²) < 4.78 is 0. The molecular weight excluding hydrogens is 258 g/mol. The topological polar surface area (TPSA) is 18.5 Å². The van der Waals surface area contributed by atoms with E-state index in [2.05, 4.69) is 49.9 Å². The Balaban J connectivity index is 2.00. The van der Waals surface area contributed by atoms with E-state index < -0.39 is 0 Å². The van der Waals surface area contributed by atoms with Crippen LogP contribution in [0.5, 0.6) is 0 Å². The second-order valence-electron chi connectivity index (χ2n) is 7.84. The van der Waals surface area contributed by atoms with E-state index >= 15 is 0 Å². The minimum absolute atomic E-state index is 0.700. The maximum atomic E-state index is 3.79. The fourth-order valence-corrected chi connectivity index (χ4v) is 4.68. The van der Waals surface area contributed by atoms with Crippen molar-refractivity contribution in [1.82, 2.24) is 15.1 Å². The summed E-state index contributed by atoms with van der Waals surface area (Å²) in [5, 5.41) is 3.79. The first-order valence-electron chi connectivity index (χ1n) is 9.17. The molecule has 0 bridgehead atoms. The van der Waals surface area contributed by atoms with Gasteiger partial charge in [-0.25, -0.2) is 0 Å². The molecule has 0 aromatic heterocycles. The maximum absolute atomic E-state index is 3.79. The summed E-state index contributed by atoms with van der Waals surface area (Å²) in [5.74, 6) is 2.56. The Morgan fingerprint density at radius 3 is 2.57 bits per heavy atom. The van der Waals surface area contributed by atoms with Crippen LogP contribution in [0, 0.1) is 17.8 Å². The van der Waals surface area contributed by atoms with Crippen LogP contribution in [0.25, 0.3) is 0 Å². The molecular formula is C18H37N3. The highest BCUT2D eigenvalue weighted by molar-refractivity contribution is 4.90. The standard InChI is InChI=1S/C18H37N3/c1-6-19-18-11-14(2)10-15(3)17(18)13-21-9-7-8-20(5)12-16(21)4/h14-19H,6-13H2,1-5H3. The largest absolute Gasteiger partial charge is 0.314 e. The van der Waals surface area contributed by atoms with E-state index in [9.17, 15) is 0 Å². The number of likely N-dealkylation sites (N-methyl/N-ethyl adjacent to an activating group) is 1. The van der Waals surface area contributed by atoms with Crippen molar-refractivity contribution in [1.29, 1.82) is 0 Å². The van der Waals surface area contributed by atoms with Gasteiger partial charge in [0.25, 0.3) is 0 Å². The van der Waals surface area contributed by atoms with Gasteiger partial charge in [0.1, 0.15) is 0 Å². The molecule has 0 aromatic rings. The van der Waals surface area contributed by atoms with E-state index in [-0.39, 0.29) is 0 Å². The SMILES string of the molecule is CCNC1CC(C)CC(C)C1CN1CCCN(C)CC1C. The van der Waals surface area contributed by atoms with Crippen LogP contribution in [0.4, 0.5) is 0 Å². The van der Waals surface area contributed by atoms with Crippen molar-refractivity contribution in [2.75, 3.05) is 39.8 Å². The highest BCUT2D eigenvalue weighted by Gasteiger charge is 2.35. The average Bonchev–Trinajstić information content (AvgIpc) is 2.55. The molecule has 1 N–H and O–H groups in total. The fourth-order valence-electron chi connectivity index (χ4n) is 4.68. The summed E-state index contributed by atoms with van der Waals surface area (Å²) in [6.07, 6.45) is 4.10. The van der Waals surface area contributed by atoms with Gasteiger partial charge in [-0.1, -0.05) is 20.8 Å². The van der Waals surface area contributed by atoms with Gasteiger partial charge in [0.05, 0.1) is 0 Å². The van der Waals surface area contributed by atoms with Crippen molar-refractivity contribution in [2.24, 2.45) is 17.8 Å². The van der Waals surface area contributed by atoms with Crippen LogP contribution in [-0.2, 0) is 0 Å². The predicted molar refractivity (Wildman–Crippen MR) is 91.7 cm³/mol. The first-order chi connectivity index (χ1) is 10.0. The molecule has 3 nitrogen and oxygen atoms in total. The third-order valence-electron chi connectivity index (χ3n) is 5.77. The highest BCUT2D eigenvalue weighted by Crippen LogP contribution is 2.34. The average molecular weight is 296 g/mol. The summed E-state index contributed by atoms with van der Waals surface area (Å²) in [6.45, 7) is 15.8. The Kier molecular flexibility index (Phi) is 6.51. The van der Waals surface area contributed by atoms with Crippen LogP contribution in [0.3, 0.4) is 0 Å². The molecule has 2 fully saturated rings. The Hall–Kier alpha value is -0.120. The Bertz CT molecular complexity index is 307. The van der Waals surface area contributed by atoms with Crippen molar-refractivity contribution < 1.29 is 0 Å². The molecule has 1 aliphatic heterocycles. The molecule has 5 unspecified atom stereocenters. The molecule has 124 valence electrons. The third-order valence-corrected chi connectivity index (χ3v) is 5.77. The lowest BCUT2D eigenvalue weighted by Crippen LogP contribution is -2.51. The van der Waals surface area contributed by atoms with Crippen LogP contribution in [0.15, 0.2) is 0 Å². The molecule has 1 saturated heterocycles. The zero-order valence-electron chi connectivity index (χ0n) is 14.9. The first-order valence-corrected chi connectivity index (χ1v) is 9.17. The van der Waals surface area contributed by atoms with Crippen molar-refractivity contribution in [3.8, 4) is 0 Å². The quantitative estimate of drug-likeness (QED) is 0.860.